The highest BCUT2D eigenvalue weighted by atomic mass is 35.5. The van der Waals surface area contributed by atoms with Crippen LogP contribution in [0.15, 0.2) is 27.8 Å². The fourth-order valence-corrected chi connectivity index (χ4v) is 3.61. The molecule has 2 aromatic rings. The van der Waals surface area contributed by atoms with E-state index in [1.54, 1.807) is 20.0 Å². The highest BCUT2D eigenvalue weighted by Crippen LogP contribution is 2.48. The van der Waals surface area contributed by atoms with Crippen LogP contribution in [0.2, 0.25) is 10.0 Å². The molecule has 0 atom stereocenters. The average Bonchev–Trinajstić information content (AvgIpc) is 3.32. The van der Waals surface area contributed by atoms with Gasteiger partial charge in [0.25, 0.3) is 5.56 Å². The SMILES string of the molecule is Cc1c(CNC2(c3ccc(Cl)cc3Cl)CC2)c(=O)n(C)c(=O)n1C. The number of hydrogen-bond acceptors (Lipinski definition) is 3. The monoisotopic (exact) mass is 367 g/mol. The van der Waals surface area contributed by atoms with Crippen LogP contribution in [0.25, 0.3) is 0 Å². The van der Waals surface area contributed by atoms with E-state index in [0.29, 0.717) is 27.8 Å². The Bertz CT molecular complexity index is 927. The summed E-state index contributed by atoms with van der Waals surface area (Å²) in [7, 11) is 3.17. The van der Waals surface area contributed by atoms with Gasteiger partial charge in [-0.25, -0.2) is 4.79 Å². The van der Waals surface area contributed by atoms with Gasteiger partial charge >= 0.3 is 5.69 Å². The minimum absolute atomic E-state index is 0.228. The number of rotatable bonds is 4. The minimum atomic E-state index is -0.317. The topological polar surface area (TPSA) is 56.0 Å². The van der Waals surface area contributed by atoms with Gasteiger partial charge in [-0.15, -0.1) is 0 Å². The Morgan fingerprint density at radius 2 is 1.83 bits per heavy atom. The summed E-state index contributed by atoms with van der Waals surface area (Å²) < 4.78 is 2.63. The molecule has 0 radical (unpaired) electrons. The standard InChI is InChI=1S/C17H19Cl2N3O2/c1-10-12(15(23)22(3)16(24)21(10)2)9-20-17(6-7-17)13-5-4-11(18)8-14(13)19/h4-5,8,20H,6-7,9H2,1-3H3. The summed E-state index contributed by atoms with van der Waals surface area (Å²) in [4.78, 5) is 24.4. The maximum atomic E-state index is 12.4. The van der Waals surface area contributed by atoms with Crippen molar-refractivity contribution in [3.05, 3.63) is 65.9 Å². The maximum Gasteiger partial charge on any atom is 0.330 e. The predicted molar refractivity (Wildman–Crippen MR) is 95.9 cm³/mol. The van der Waals surface area contributed by atoms with E-state index < -0.39 is 0 Å². The average molecular weight is 368 g/mol. The van der Waals surface area contributed by atoms with Crippen molar-refractivity contribution in [1.29, 1.82) is 0 Å². The van der Waals surface area contributed by atoms with Gasteiger partial charge in [0.1, 0.15) is 0 Å². The summed E-state index contributed by atoms with van der Waals surface area (Å²) in [5, 5.41) is 4.68. The lowest BCUT2D eigenvalue weighted by atomic mass is 10.0. The molecule has 0 unspecified atom stereocenters. The maximum absolute atomic E-state index is 12.4. The summed E-state index contributed by atoms with van der Waals surface area (Å²) in [6, 6.07) is 5.48. The molecule has 1 aliphatic rings. The molecule has 1 aromatic carbocycles. The highest BCUT2D eigenvalue weighted by Gasteiger charge is 2.45. The molecule has 0 amide bonds. The van der Waals surface area contributed by atoms with Crippen LogP contribution in [0.4, 0.5) is 0 Å². The van der Waals surface area contributed by atoms with Crippen molar-refractivity contribution in [3.63, 3.8) is 0 Å². The molecule has 1 aromatic heterocycles. The molecule has 24 heavy (non-hydrogen) atoms. The fourth-order valence-electron chi connectivity index (χ4n) is 3.02. The molecular weight excluding hydrogens is 349 g/mol. The van der Waals surface area contributed by atoms with Gasteiger partial charge in [-0.3, -0.25) is 9.36 Å². The van der Waals surface area contributed by atoms with E-state index in [4.69, 9.17) is 23.2 Å². The Hall–Kier alpha value is -1.56. The quantitative estimate of drug-likeness (QED) is 0.902. The first-order chi connectivity index (χ1) is 11.3. The number of aromatic nitrogens is 2. The van der Waals surface area contributed by atoms with Crippen LogP contribution in [0.3, 0.4) is 0 Å². The van der Waals surface area contributed by atoms with Gasteiger partial charge in [-0.2, -0.15) is 0 Å². The first kappa shape index (κ1) is 17.3. The van der Waals surface area contributed by atoms with E-state index in [1.807, 2.05) is 12.1 Å². The van der Waals surface area contributed by atoms with Crippen LogP contribution in [0, 0.1) is 6.92 Å². The molecule has 0 saturated heterocycles. The number of halogens is 2. The number of nitrogens with one attached hydrogen (secondary N) is 1. The van der Waals surface area contributed by atoms with E-state index in [2.05, 4.69) is 5.32 Å². The third kappa shape index (κ3) is 2.81. The Balaban J connectivity index is 1.92. The lowest BCUT2D eigenvalue weighted by Crippen LogP contribution is -2.42. The van der Waals surface area contributed by atoms with E-state index in [9.17, 15) is 9.59 Å². The van der Waals surface area contributed by atoms with Crippen LogP contribution in [0.5, 0.6) is 0 Å². The molecule has 0 bridgehead atoms. The second-order valence-electron chi connectivity index (χ2n) is 6.33. The van der Waals surface area contributed by atoms with Crippen LogP contribution >= 0.6 is 23.2 Å². The number of nitrogens with zero attached hydrogens (tertiary/aromatic N) is 2. The first-order valence-electron chi connectivity index (χ1n) is 7.73. The first-order valence-corrected chi connectivity index (χ1v) is 8.48. The summed E-state index contributed by atoms with van der Waals surface area (Å²) in [5.74, 6) is 0. The lowest BCUT2D eigenvalue weighted by Gasteiger charge is -2.21. The van der Waals surface area contributed by atoms with Crippen molar-refractivity contribution in [2.24, 2.45) is 14.1 Å². The van der Waals surface area contributed by atoms with Crippen LogP contribution < -0.4 is 16.6 Å². The molecule has 128 valence electrons. The van der Waals surface area contributed by atoms with Gasteiger partial charge in [0.05, 0.1) is 5.56 Å². The molecule has 1 saturated carbocycles. The smallest absolute Gasteiger partial charge is 0.303 e. The Morgan fingerprint density at radius 1 is 1.17 bits per heavy atom. The molecule has 5 nitrogen and oxygen atoms in total. The van der Waals surface area contributed by atoms with Crippen LogP contribution in [-0.2, 0) is 26.2 Å². The van der Waals surface area contributed by atoms with Crippen molar-refractivity contribution in [3.8, 4) is 0 Å². The lowest BCUT2D eigenvalue weighted by molar-refractivity contribution is 0.507. The second kappa shape index (κ2) is 6.06. The van der Waals surface area contributed by atoms with Gasteiger partial charge in [0, 0.05) is 41.9 Å². The summed E-state index contributed by atoms with van der Waals surface area (Å²) in [6.45, 7) is 2.17. The molecule has 0 spiro atoms. The number of hydrogen-bond donors (Lipinski definition) is 1. The van der Waals surface area contributed by atoms with E-state index in [-0.39, 0.29) is 16.8 Å². The predicted octanol–water partition coefficient (Wildman–Crippen LogP) is 2.48. The highest BCUT2D eigenvalue weighted by molar-refractivity contribution is 6.35. The summed E-state index contributed by atoms with van der Waals surface area (Å²) in [5.41, 5.74) is 1.45. The molecule has 7 heteroatoms. The normalized spacial score (nSPS) is 15.5. The molecule has 0 aliphatic heterocycles. The molecule has 1 heterocycles. The van der Waals surface area contributed by atoms with Crippen molar-refractivity contribution in [2.45, 2.75) is 31.8 Å². The Kier molecular flexibility index (Phi) is 4.36. The summed E-state index contributed by atoms with van der Waals surface area (Å²) in [6.07, 6.45) is 1.89. The van der Waals surface area contributed by atoms with Crippen molar-refractivity contribution in [1.82, 2.24) is 14.5 Å². The molecule has 1 aliphatic carbocycles. The van der Waals surface area contributed by atoms with Gasteiger partial charge in [-0.1, -0.05) is 29.3 Å². The van der Waals surface area contributed by atoms with Crippen LogP contribution in [0.1, 0.15) is 29.7 Å². The van der Waals surface area contributed by atoms with E-state index in [1.165, 1.54) is 11.6 Å². The summed E-state index contributed by atoms with van der Waals surface area (Å²) >= 11 is 12.3. The van der Waals surface area contributed by atoms with Crippen molar-refractivity contribution >= 4 is 23.2 Å². The largest absolute Gasteiger partial charge is 0.330 e. The molecule has 1 fully saturated rings. The zero-order valence-corrected chi connectivity index (χ0v) is 15.3. The zero-order valence-electron chi connectivity index (χ0n) is 13.8. The molecule has 1 N–H and O–H groups in total. The van der Waals surface area contributed by atoms with E-state index in [0.717, 1.165) is 23.0 Å². The Labute approximate surface area is 149 Å². The zero-order chi connectivity index (χ0) is 17.6. The van der Waals surface area contributed by atoms with Gasteiger partial charge in [0.2, 0.25) is 0 Å². The van der Waals surface area contributed by atoms with Gasteiger partial charge < -0.3 is 9.88 Å². The van der Waals surface area contributed by atoms with Crippen molar-refractivity contribution < 1.29 is 0 Å². The third-order valence-corrected chi connectivity index (χ3v) is 5.42. The second-order valence-corrected chi connectivity index (χ2v) is 7.17. The minimum Gasteiger partial charge on any atom is -0.303 e. The van der Waals surface area contributed by atoms with Gasteiger partial charge in [0.15, 0.2) is 0 Å². The van der Waals surface area contributed by atoms with Crippen LogP contribution in [-0.4, -0.2) is 9.13 Å². The molecule has 3 rings (SSSR count). The van der Waals surface area contributed by atoms with E-state index >= 15 is 0 Å². The molecular formula is C17H19Cl2N3O2. The Morgan fingerprint density at radius 3 is 2.42 bits per heavy atom. The fraction of sp³-hybridized carbons (Fsp3) is 0.412. The van der Waals surface area contributed by atoms with Crippen molar-refractivity contribution in [2.75, 3.05) is 0 Å². The van der Waals surface area contributed by atoms with Gasteiger partial charge in [-0.05, 0) is 37.5 Å². The number of benzene rings is 1. The third-order valence-electron chi connectivity index (χ3n) is 4.88.